The van der Waals surface area contributed by atoms with Gasteiger partial charge in [-0.2, -0.15) is 4.73 Å². The van der Waals surface area contributed by atoms with Gasteiger partial charge in [0.15, 0.2) is 17.5 Å². The van der Waals surface area contributed by atoms with E-state index in [1.165, 1.54) is 6.20 Å². The minimum Gasteiger partial charge on any atom is -0.618 e. The van der Waals surface area contributed by atoms with Crippen molar-refractivity contribution in [3.63, 3.8) is 0 Å². The fourth-order valence-corrected chi connectivity index (χ4v) is 3.49. The summed E-state index contributed by atoms with van der Waals surface area (Å²) in [6.45, 7) is 2.22. The third-order valence-electron chi connectivity index (χ3n) is 5.10. The molecule has 31 heavy (non-hydrogen) atoms. The van der Waals surface area contributed by atoms with Crippen LogP contribution in [-0.4, -0.2) is 26.5 Å². The summed E-state index contributed by atoms with van der Waals surface area (Å²) in [5.41, 5.74) is 2.99. The molecule has 152 valence electrons. The van der Waals surface area contributed by atoms with Crippen LogP contribution in [0.5, 0.6) is 5.75 Å². The molecule has 0 amide bonds. The van der Waals surface area contributed by atoms with Gasteiger partial charge in [0, 0.05) is 30.9 Å². The Balaban J connectivity index is 1.44. The standard InChI is InChI=1S/C23H17N5O3/c1-14-6-9-24-22-20(14)26-23(29)17-12-15(13-25-21(17)27-22)8-11-31-19-7-10-28(30)18-5-3-2-4-16(18)19/h2-7,9-10,12-13H,8,11H2,1H3. The summed E-state index contributed by atoms with van der Waals surface area (Å²) in [5, 5.41) is 13.0. The summed E-state index contributed by atoms with van der Waals surface area (Å²) in [4.78, 5) is 29.9. The molecule has 5 rings (SSSR count). The van der Waals surface area contributed by atoms with Crippen LogP contribution in [0.4, 0.5) is 0 Å². The smallest absolute Gasteiger partial charge is 0.281 e. The van der Waals surface area contributed by atoms with Gasteiger partial charge in [0.25, 0.3) is 5.56 Å². The van der Waals surface area contributed by atoms with Crippen LogP contribution in [0.2, 0.25) is 0 Å². The maximum absolute atomic E-state index is 12.7. The van der Waals surface area contributed by atoms with Gasteiger partial charge in [-0.3, -0.25) is 4.79 Å². The van der Waals surface area contributed by atoms with Gasteiger partial charge in [-0.05, 0) is 36.2 Å². The molecule has 0 radical (unpaired) electrons. The monoisotopic (exact) mass is 411 g/mol. The van der Waals surface area contributed by atoms with Gasteiger partial charge in [-0.1, -0.05) is 12.1 Å². The highest BCUT2D eigenvalue weighted by Crippen LogP contribution is 2.22. The minimum atomic E-state index is -0.391. The van der Waals surface area contributed by atoms with Crippen LogP contribution in [0.3, 0.4) is 0 Å². The summed E-state index contributed by atoms with van der Waals surface area (Å²) in [6, 6.07) is 12.5. The lowest BCUT2D eigenvalue weighted by atomic mass is 10.2. The number of rotatable bonds is 4. The van der Waals surface area contributed by atoms with E-state index < -0.39 is 5.56 Å². The zero-order valence-electron chi connectivity index (χ0n) is 16.6. The highest BCUT2D eigenvalue weighted by atomic mass is 16.5. The number of aromatic nitrogens is 5. The van der Waals surface area contributed by atoms with Crippen LogP contribution in [-0.2, 0) is 6.42 Å². The highest BCUT2D eigenvalue weighted by Gasteiger charge is 2.10. The summed E-state index contributed by atoms with van der Waals surface area (Å²) in [5.74, 6) is 0.628. The lowest BCUT2D eigenvalue weighted by molar-refractivity contribution is -0.577. The van der Waals surface area contributed by atoms with E-state index >= 15 is 0 Å². The molecular formula is C23H17N5O3. The Bertz CT molecular complexity index is 1520. The van der Waals surface area contributed by atoms with E-state index in [2.05, 4.69) is 19.9 Å². The predicted octanol–water partition coefficient (Wildman–Crippen LogP) is 2.65. The summed E-state index contributed by atoms with van der Waals surface area (Å²) in [6.07, 6.45) is 5.26. The second kappa shape index (κ2) is 7.56. The molecular weight excluding hydrogens is 394 g/mol. The van der Waals surface area contributed by atoms with Crippen molar-refractivity contribution in [1.29, 1.82) is 0 Å². The van der Waals surface area contributed by atoms with Crippen LogP contribution in [0.1, 0.15) is 11.1 Å². The molecule has 0 aliphatic heterocycles. The van der Waals surface area contributed by atoms with Crippen LogP contribution in [0, 0.1) is 12.1 Å². The van der Waals surface area contributed by atoms with Crippen molar-refractivity contribution >= 4 is 33.1 Å². The maximum Gasteiger partial charge on any atom is 0.281 e. The average Bonchev–Trinajstić information content (AvgIpc) is 2.92. The van der Waals surface area contributed by atoms with Crippen molar-refractivity contribution in [3.05, 3.63) is 87.7 Å². The zero-order chi connectivity index (χ0) is 21.4. The second-order valence-electron chi connectivity index (χ2n) is 7.16. The number of nitrogens with zero attached hydrogens (tertiary/aromatic N) is 5. The Labute approximate surface area is 176 Å². The zero-order valence-corrected chi connectivity index (χ0v) is 16.6. The van der Waals surface area contributed by atoms with Crippen molar-refractivity contribution in [2.75, 3.05) is 6.61 Å². The van der Waals surface area contributed by atoms with Gasteiger partial charge in [-0.25, -0.2) is 19.9 Å². The average molecular weight is 411 g/mol. The van der Waals surface area contributed by atoms with Crippen LogP contribution >= 0.6 is 0 Å². The van der Waals surface area contributed by atoms with E-state index in [1.807, 2.05) is 25.1 Å². The summed E-state index contributed by atoms with van der Waals surface area (Å²) >= 11 is 0. The topological polar surface area (TPSA) is 105 Å². The Morgan fingerprint density at radius 1 is 1.03 bits per heavy atom. The normalized spacial score (nSPS) is 11.3. The maximum atomic E-state index is 12.7. The molecule has 0 aliphatic rings. The summed E-state index contributed by atoms with van der Waals surface area (Å²) in [7, 11) is 0. The van der Waals surface area contributed by atoms with Crippen LogP contribution in [0.25, 0.3) is 33.1 Å². The summed E-state index contributed by atoms with van der Waals surface area (Å²) < 4.78 is 6.73. The molecule has 1 aromatic carbocycles. The minimum absolute atomic E-state index is 0.310. The van der Waals surface area contributed by atoms with Crippen LogP contribution in [0.15, 0.2) is 65.8 Å². The fourth-order valence-electron chi connectivity index (χ4n) is 3.49. The molecule has 0 N–H and O–H groups in total. The molecule has 8 heteroatoms. The quantitative estimate of drug-likeness (QED) is 0.331. The number of benzene rings is 1. The number of ether oxygens (including phenoxy) is 1. The Hall–Kier alpha value is -4.20. The van der Waals surface area contributed by atoms with Gasteiger partial charge in [-0.15, -0.1) is 0 Å². The van der Waals surface area contributed by atoms with Crippen molar-refractivity contribution in [2.24, 2.45) is 0 Å². The van der Waals surface area contributed by atoms with Crippen molar-refractivity contribution < 1.29 is 9.47 Å². The molecule has 0 fully saturated rings. The molecule has 8 nitrogen and oxygen atoms in total. The Morgan fingerprint density at radius 3 is 2.81 bits per heavy atom. The third-order valence-corrected chi connectivity index (χ3v) is 5.10. The molecule has 5 aromatic rings. The number of aryl methyl sites for hydroxylation is 1. The van der Waals surface area contributed by atoms with Gasteiger partial charge in [0.1, 0.15) is 11.3 Å². The number of para-hydroxylation sites is 1. The molecule has 0 aliphatic carbocycles. The molecule has 0 spiro atoms. The van der Waals surface area contributed by atoms with E-state index in [1.54, 1.807) is 36.7 Å². The van der Waals surface area contributed by atoms with E-state index in [9.17, 15) is 10.0 Å². The van der Waals surface area contributed by atoms with Gasteiger partial charge in [0.05, 0.1) is 17.4 Å². The molecule has 4 aromatic heterocycles. The van der Waals surface area contributed by atoms with E-state index in [-0.39, 0.29) is 0 Å². The fraction of sp³-hybridized carbons (Fsp3) is 0.130. The lowest BCUT2D eigenvalue weighted by Crippen LogP contribution is -2.26. The number of fused-ring (bicyclic) bond motifs is 3. The number of pyridine rings is 3. The first-order valence-corrected chi connectivity index (χ1v) is 9.76. The Morgan fingerprint density at radius 2 is 1.90 bits per heavy atom. The van der Waals surface area contributed by atoms with Crippen molar-refractivity contribution in [2.45, 2.75) is 13.3 Å². The lowest BCUT2D eigenvalue weighted by Gasteiger charge is -2.09. The second-order valence-corrected chi connectivity index (χ2v) is 7.16. The van der Waals surface area contributed by atoms with Crippen LogP contribution < -0.4 is 15.0 Å². The molecule has 4 heterocycles. The van der Waals surface area contributed by atoms with E-state index in [4.69, 9.17) is 4.74 Å². The van der Waals surface area contributed by atoms with E-state index in [0.717, 1.165) is 21.2 Å². The van der Waals surface area contributed by atoms with Crippen molar-refractivity contribution in [1.82, 2.24) is 19.9 Å². The first kappa shape index (κ1) is 18.8. The molecule has 0 unspecified atom stereocenters. The first-order chi connectivity index (χ1) is 15.1. The molecule has 0 bridgehead atoms. The van der Waals surface area contributed by atoms with Gasteiger partial charge >= 0.3 is 0 Å². The van der Waals surface area contributed by atoms with E-state index in [0.29, 0.717) is 46.5 Å². The molecule has 0 atom stereocenters. The highest BCUT2D eigenvalue weighted by molar-refractivity contribution is 5.82. The molecule has 0 saturated heterocycles. The first-order valence-electron chi connectivity index (χ1n) is 9.76. The van der Waals surface area contributed by atoms with Gasteiger partial charge in [0.2, 0.25) is 5.52 Å². The SMILES string of the molecule is Cc1ccnc2nc3ncc(CCOc4cc[n+]([O-])c5ccccc45)cc3c(=O)nc12. The largest absolute Gasteiger partial charge is 0.618 e. The predicted molar refractivity (Wildman–Crippen MR) is 116 cm³/mol. The number of hydrogen-bond donors (Lipinski definition) is 0. The van der Waals surface area contributed by atoms with Crippen molar-refractivity contribution in [3.8, 4) is 5.75 Å². The van der Waals surface area contributed by atoms with Gasteiger partial charge < -0.3 is 9.94 Å². The Kier molecular flexibility index (Phi) is 4.59. The third kappa shape index (κ3) is 3.48. The molecule has 0 saturated carbocycles. The number of hydrogen-bond acceptors (Lipinski definition) is 7.